The molecule has 96 valence electrons. The van der Waals surface area contributed by atoms with Gasteiger partial charge in [0.2, 0.25) is 0 Å². The molecular formula is C11H19N3O3. The zero-order valence-corrected chi connectivity index (χ0v) is 10.1. The molecule has 0 radical (unpaired) electrons. The van der Waals surface area contributed by atoms with Crippen LogP contribution >= 0.6 is 0 Å². The number of hydroxylamine groups is 2. The third-order valence-electron chi connectivity index (χ3n) is 3.34. The van der Waals surface area contributed by atoms with Crippen molar-refractivity contribution >= 4 is 12.2 Å². The van der Waals surface area contributed by atoms with Crippen LogP contribution in [-0.2, 0) is 4.84 Å². The standard InChI is InChI=1S/C11H19N3O3/c1-2-3-6-17-14-10-5-4-9(7-12-16)13(8-10)11(14)15/h7,9-10,16H,2-6,8H2,1H3/b12-7+/t9-,10-/m0/s1. The minimum absolute atomic E-state index is 0.0940. The summed E-state index contributed by atoms with van der Waals surface area (Å²) in [7, 11) is 0. The Morgan fingerprint density at radius 1 is 1.59 bits per heavy atom. The fraction of sp³-hybridized carbons (Fsp3) is 0.818. The highest BCUT2D eigenvalue weighted by atomic mass is 16.7. The molecule has 1 N–H and O–H groups in total. The van der Waals surface area contributed by atoms with Crippen molar-refractivity contribution in [3.8, 4) is 0 Å². The predicted octanol–water partition coefficient (Wildman–Crippen LogP) is 1.45. The number of carbonyl (C=O) groups is 1. The van der Waals surface area contributed by atoms with E-state index in [4.69, 9.17) is 10.0 Å². The van der Waals surface area contributed by atoms with Crippen molar-refractivity contribution in [2.45, 2.75) is 44.7 Å². The molecule has 0 unspecified atom stereocenters. The molecule has 17 heavy (non-hydrogen) atoms. The van der Waals surface area contributed by atoms with Crippen LogP contribution in [-0.4, -0.2) is 52.7 Å². The summed E-state index contributed by atoms with van der Waals surface area (Å²) >= 11 is 0. The molecular weight excluding hydrogens is 222 g/mol. The molecule has 2 saturated heterocycles. The predicted molar refractivity (Wildman–Crippen MR) is 61.9 cm³/mol. The average Bonchev–Trinajstić information content (AvgIpc) is 2.58. The smallest absolute Gasteiger partial charge is 0.344 e. The summed E-state index contributed by atoms with van der Waals surface area (Å²) in [4.78, 5) is 19.3. The zero-order chi connectivity index (χ0) is 12.3. The van der Waals surface area contributed by atoms with Gasteiger partial charge in [-0.3, -0.25) is 4.84 Å². The highest BCUT2D eigenvalue weighted by molar-refractivity contribution is 5.81. The monoisotopic (exact) mass is 241 g/mol. The molecule has 2 amide bonds. The number of piperidine rings is 1. The number of hydrogen-bond donors (Lipinski definition) is 1. The van der Waals surface area contributed by atoms with Crippen LogP contribution in [0, 0.1) is 0 Å². The Labute approximate surface area is 101 Å². The van der Waals surface area contributed by atoms with E-state index in [-0.39, 0.29) is 18.1 Å². The van der Waals surface area contributed by atoms with Crippen molar-refractivity contribution in [1.29, 1.82) is 0 Å². The lowest BCUT2D eigenvalue weighted by Gasteiger charge is -2.26. The fourth-order valence-corrected chi connectivity index (χ4v) is 2.37. The second-order valence-electron chi connectivity index (χ2n) is 4.51. The molecule has 0 aromatic carbocycles. The minimum atomic E-state index is -0.103. The normalized spacial score (nSPS) is 28.4. The van der Waals surface area contributed by atoms with E-state index in [2.05, 4.69) is 12.1 Å². The van der Waals surface area contributed by atoms with Crippen LogP contribution in [0.15, 0.2) is 5.16 Å². The van der Waals surface area contributed by atoms with Crippen LogP contribution in [0.3, 0.4) is 0 Å². The molecule has 2 rings (SSSR count). The Morgan fingerprint density at radius 2 is 2.41 bits per heavy atom. The lowest BCUT2D eigenvalue weighted by molar-refractivity contribution is -0.130. The fourth-order valence-electron chi connectivity index (χ4n) is 2.37. The van der Waals surface area contributed by atoms with E-state index >= 15 is 0 Å². The Morgan fingerprint density at radius 3 is 3.12 bits per heavy atom. The first-order valence-electron chi connectivity index (χ1n) is 6.18. The third-order valence-corrected chi connectivity index (χ3v) is 3.34. The highest BCUT2D eigenvalue weighted by Gasteiger charge is 2.45. The van der Waals surface area contributed by atoms with Gasteiger partial charge in [-0.1, -0.05) is 18.5 Å². The molecule has 2 bridgehead atoms. The van der Waals surface area contributed by atoms with Gasteiger partial charge in [0, 0.05) is 6.54 Å². The average molecular weight is 241 g/mol. The van der Waals surface area contributed by atoms with Crippen LogP contribution in [0.4, 0.5) is 4.79 Å². The summed E-state index contributed by atoms with van der Waals surface area (Å²) in [5, 5.41) is 13.1. The molecule has 2 fully saturated rings. The van der Waals surface area contributed by atoms with Gasteiger partial charge < -0.3 is 10.1 Å². The van der Waals surface area contributed by atoms with Crippen molar-refractivity contribution in [2.75, 3.05) is 13.2 Å². The summed E-state index contributed by atoms with van der Waals surface area (Å²) in [6.07, 6.45) is 5.15. The maximum absolute atomic E-state index is 12.0. The van der Waals surface area contributed by atoms with E-state index in [1.165, 1.54) is 11.3 Å². The molecule has 2 atom stereocenters. The zero-order valence-electron chi connectivity index (χ0n) is 10.1. The van der Waals surface area contributed by atoms with Gasteiger partial charge in [-0.05, 0) is 19.3 Å². The summed E-state index contributed by atoms with van der Waals surface area (Å²) < 4.78 is 0. The Kier molecular flexibility index (Phi) is 3.83. The molecule has 2 heterocycles. The maximum atomic E-state index is 12.0. The molecule has 2 aliphatic heterocycles. The van der Waals surface area contributed by atoms with Crippen LogP contribution in [0.25, 0.3) is 0 Å². The Balaban J connectivity index is 1.96. The van der Waals surface area contributed by atoms with Gasteiger partial charge in [0.15, 0.2) is 0 Å². The first kappa shape index (κ1) is 12.2. The van der Waals surface area contributed by atoms with Crippen LogP contribution in [0.2, 0.25) is 0 Å². The van der Waals surface area contributed by atoms with E-state index in [9.17, 15) is 4.79 Å². The van der Waals surface area contributed by atoms with Gasteiger partial charge in [0.1, 0.15) is 0 Å². The summed E-state index contributed by atoms with van der Waals surface area (Å²) in [5.74, 6) is 0. The number of oxime groups is 1. The summed E-state index contributed by atoms with van der Waals surface area (Å²) in [6, 6.07) is -0.0419. The number of fused-ring (bicyclic) bond motifs is 2. The number of rotatable bonds is 5. The Hall–Kier alpha value is -1.30. The van der Waals surface area contributed by atoms with E-state index in [1.807, 2.05) is 0 Å². The molecule has 6 nitrogen and oxygen atoms in total. The quantitative estimate of drug-likeness (QED) is 0.343. The molecule has 0 spiro atoms. The van der Waals surface area contributed by atoms with Gasteiger partial charge >= 0.3 is 6.03 Å². The van der Waals surface area contributed by atoms with Crippen LogP contribution < -0.4 is 0 Å². The maximum Gasteiger partial charge on any atom is 0.344 e. The van der Waals surface area contributed by atoms with Crippen molar-refractivity contribution in [2.24, 2.45) is 5.16 Å². The third kappa shape index (κ3) is 2.36. The number of urea groups is 1. The van der Waals surface area contributed by atoms with E-state index in [0.717, 1.165) is 25.7 Å². The first-order chi connectivity index (χ1) is 8.27. The summed E-state index contributed by atoms with van der Waals surface area (Å²) in [5.41, 5.74) is 0. The van der Waals surface area contributed by atoms with Crippen LogP contribution in [0.5, 0.6) is 0 Å². The highest BCUT2D eigenvalue weighted by Crippen LogP contribution is 2.29. The molecule has 0 aromatic rings. The number of hydrogen-bond acceptors (Lipinski definition) is 4. The van der Waals surface area contributed by atoms with Crippen molar-refractivity contribution in [1.82, 2.24) is 9.96 Å². The number of amides is 2. The number of carbonyl (C=O) groups excluding carboxylic acids is 1. The Bertz CT molecular complexity index is 308. The van der Waals surface area contributed by atoms with E-state index in [1.54, 1.807) is 4.90 Å². The van der Waals surface area contributed by atoms with Gasteiger partial charge in [0.05, 0.1) is 24.9 Å². The number of nitrogens with zero attached hydrogens (tertiary/aromatic N) is 3. The summed E-state index contributed by atoms with van der Waals surface area (Å²) in [6.45, 7) is 3.35. The van der Waals surface area contributed by atoms with Gasteiger partial charge in [-0.25, -0.2) is 4.79 Å². The van der Waals surface area contributed by atoms with Gasteiger partial charge in [-0.15, -0.1) is 0 Å². The van der Waals surface area contributed by atoms with Crippen molar-refractivity contribution < 1.29 is 14.8 Å². The van der Waals surface area contributed by atoms with Crippen molar-refractivity contribution in [3.05, 3.63) is 0 Å². The van der Waals surface area contributed by atoms with Crippen LogP contribution in [0.1, 0.15) is 32.6 Å². The largest absolute Gasteiger partial charge is 0.411 e. The number of unbranched alkanes of at least 4 members (excludes halogenated alkanes) is 1. The lowest BCUT2D eigenvalue weighted by atomic mass is 10.0. The SMILES string of the molecule is CCCCON1C(=O)N2C[C@@H]1CC[C@H]2/C=N/O. The molecule has 0 aliphatic carbocycles. The minimum Gasteiger partial charge on any atom is -0.411 e. The first-order valence-corrected chi connectivity index (χ1v) is 6.18. The molecule has 0 saturated carbocycles. The van der Waals surface area contributed by atoms with E-state index < -0.39 is 0 Å². The second kappa shape index (κ2) is 5.35. The second-order valence-corrected chi connectivity index (χ2v) is 4.51. The van der Waals surface area contributed by atoms with Gasteiger partial charge in [0.25, 0.3) is 0 Å². The molecule has 0 aromatic heterocycles. The van der Waals surface area contributed by atoms with Gasteiger partial charge in [-0.2, -0.15) is 5.06 Å². The molecule has 6 heteroatoms. The molecule has 2 aliphatic rings. The van der Waals surface area contributed by atoms with E-state index in [0.29, 0.717) is 13.2 Å². The topological polar surface area (TPSA) is 65.4 Å². The lowest BCUT2D eigenvalue weighted by Crippen LogP contribution is -2.41. The van der Waals surface area contributed by atoms with Crippen molar-refractivity contribution in [3.63, 3.8) is 0 Å².